The van der Waals surface area contributed by atoms with E-state index in [1.54, 1.807) is 12.1 Å². The first-order chi connectivity index (χ1) is 9.56. The largest absolute Gasteiger partial charge is 0.451 e. The van der Waals surface area contributed by atoms with Crippen LogP contribution in [0.15, 0.2) is 18.3 Å². The molecular weight excluding hydrogens is 284 g/mol. The van der Waals surface area contributed by atoms with Gasteiger partial charge in [-0.15, -0.1) is 0 Å². The summed E-state index contributed by atoms with van der Waals surface area (Å²) in [6.45, 7) is 2.05. The first kappa shape index (κ1) is 14.7. The summed E-state index contributed by atoms with van der Waals surface area (Å²) in [5.74, 6) is -0.611. The molecule has 1 N–H and O–H groups in total. The van der Waals surface area contributed by atoms with Gasteiger partial charge in [0.25, 0.3) is 5.91 Å². The van der Waals surface area contributed by atoms with Crippen LogP contribution in [0.3, 0.4) is 0 Å². The smallest absolute Gasteiger partial charge is 0.336 e. The zero-order chi connectivity index (χ0) is 14.5. The molecule has 1 aromatic heterocycles. The van der Waals surface area contributed by atoms with Gasteiger partial charge in [0.15, 0.2) is 12.2 Å². The van der Waals surface area contributed by atoms with Gasteiger partial charge in [0.2, 0.25) is 0 Å². The van der Waals surface area contributed by atoms with E-state index in [4.69, 9.17) is 21.1 Å². The van der Waals surface area contributed by atoms with Gasteiger partial charge in [-0.25, -0.2) is 9.78 Å². The maximum Gasteiger partial charge on any atom is 0.336 e. The molecule has 0 bridgehead atoms. The maximum atomic E-state index is 11.8. The van der Waals surface area contributed by atoms with Gasteiger partial charge < -0.3 is 14.8 Å². The van der Waals surface area contributed by atoms with E-state index < -0.39 is 24.1 Å². The van der Waals surface area contributed by atoms with Gasteiger partial charge in [0, 0.05) is 12.8 Å². The summed E-state index contributed by atoms with van der Waals surface area (Å²) in [4.78, 5) is 27.5. The highest BCUT2D eigenvalue weighted by molar-refractivity contribution is 6.30. The van der Waals surface area contributed by atoms with E-state index in [1.807, 2.05) is 0 Å². The van der Waals surface area contributed by atoms with Crippen molar-refractivity contribution in [3.05, 3.63) is 23.4 Å². The number of nitrogens with one attached hydrogen (secondary N) is 1. The minimum absolute atomic E-state index is 0.347. The molecule has 108 valence electrons. The number of ether oxygens (including phenoxy) is 2. The molecule has 6 nitrogen and oxygen atoms in total. The lowest BCUT2D eigenvalue weighted by atomic mass is 10.2. The van der Waals surface area contributed by atoms with Crippen LogP contribution in [0.1, 0.15) is 19.8 Å². The summed E-state index contributed by atoms with van der Waals surface area (Å²) < 4.78 is 10.3. The molecule has 7 heteroatoms. The van der Waals surface area contributed by atoms with Gasteiger partial charge in [-0.05, 0) is 31.9 Å². The summed E-state index contributed by atoms with van der Waals surface area (Å²) in [6, 6.07) is 3.17. The van der Waals surface area contributed by atoms with Crippen LogP contribution in [-0.2, 0) is 19.1 Å². The Labute approximate surface area is 121 Å². The molecule has 1 fully saturated rings. The van der Waals surface area contributed by atoms with Crippen LogP contribution < -0.4 is 5.32 Å². The van der Waals surface area contributed by atoms with E-state index >= 15 is 0 Å². The molecule has 0 radical (unpaired) electrons. The first-order valence-electron chi connectivity index (χ1n) is 6.31. The third-order valence-corrected chi connectivity index (χ3v) is 3.06. The molecule has 0 saturated carbocycles. The number of esters is 1. The third kappa shape index (κ3) is 3.91. The zero-order valence-electron chi connectivity index (χ0n) is 11.0. The number of rotatable bonds is 4. The van der Waals surface area contributed by atoms with E-state index in [0.717, 1.165) is 6.42 Å². The van der Waals surface area contributed by atoms with Crippen LogP contribution >= 0.6 is 11.6 Å². The minimum atomic E-state index is -0.913. The van der Waals surface area contributed by atoms with Gasteiger partial charge in [0.1, 0.15) is 5.82 Å². The Morgan fingerprint density at radius 2 is 2.35 bits per heavy atom. The van der Waals surface area contributed by atoms with Crippen molar-refractivity contribution in [1.29, 1.82) is 0 Å². The van der Waals surface area contributed by atoms with Crippen LogP contribution in [0.5, 0.6) is 0 Å². The summed E-state index contributed by atoms with van der Waals surface area (Å²) in [5, 5.41) is 3.01. The predicted octanol–water partition coefficient (Wildman–Crippen LogP) is 1.78. The molecule has 2 atom stereocenters. The van der Waals surface area contributed by atoms with Crippen molar-refractivity contribution in [3.63, 3.8) is 0 Å². The molecule has 1 aliphatic heterocycles. The van der Waals surface area contributed by atoms with Crippen molar-refractivity contribution in [2.75, 3.05) is 11.9 Å². The fraction of sp³-hybridized carbons (Fsp3) is 0.462. The van der Waals surface area contributed by atoms with Gasteiger partial charge in [-0.2, -0.15) is 0 Å². The molecule has 1 aliphatic rings. The van der Waals surface area contributed by atoms with Gasteiger partial charge >= 0.3 is 5.97 Å². The molecule has 20 heavy (non-hydrogen) atoms. The summed E-state index contributed by atoms with van der Waals surface area (Å²) in [6.07, 6.45) is 1.41. The first-order valence-corrected chi connectivity index (χ1v) is 6.68. The number of hydrogen-bond donors (Lipinski definition) is 1. The Morgan fingerprint density at radius 1 is 1.55 bits per heavy atom. The second kappa shape index (κ2) is 6.67. The number of anilines is 1. The minimum Gasteiger partial charge on any atom is -0.451 e. The second-order valence-electron chi connectivity index (χ2n) is 4.43. The highest BCUT2D eigenvalue weighted by atomic mass is 35.5. The predicted molar refractivity (Wildman–Crippen MR) is 72.4 cm³/mol. The summed E-state index contributed by atoms with van der Waals surface area (Å²) in [5.41, 5.74) is 0. The monoisotopic (exact) mass is 298 g/mol. The lowest BCUT2D eigenvalue weighted by Crippen LogP contribution is -2.34. The number of carbonyl (C=O) groups excluding carboxylic acids is 2. The van der Waals surface area contributed by atoms with Crippen molar-refractivity contribution in [1.82, 2.24) is 4.98 Å². The van der Waals surface area contributed by atoms with E-state index in [-0.39, 0.29) is 0 Å². The molecule has 0 aromatic carbocycles. The standard InChI is InChI=1S/C13H15ClN2O4/c1-8(20-13(18)10-3-2-6-19-10)12(17)16-11-5-4-9(14)7-15-11/h4-5,7-8,10H,2-3,6H2,1H3,(H,15,16,17)/t8-,10+/m1/s1. The number of pyridine rings is 1. The molecule has 0 spiro atoms. The molecular formula is C13H15ClN2O4. The Balaban J connectivity index is 1.85. The van der Waals surface area contributed by atoms with E-state index in [9.17, 15) is 9.59 Å². The van der Waals surface area contributed by atoms with Crippen molar-refractivity contribution < 1.29 is 19.1 Å². The molecule has 0 aliphatic carbocycles. The second-order valence-corrected chi connectivity index (χ2v) is 4.87. The number of nitrogens with zero attached hydrogens (tertiary/aromatic N) is 1. The van der Waals surface area contributed by atoms with E-state index in [2.05, 4.69) is 10.3 Å². The Kier molecular flexibility index (Phi) is 4.92. The molecule has 2 heterocycles. The molecule has 1 saturated heterocycles. The van der Waals surface area contributed by atoms with Crippen molar-refractivity contribution >= 4 is 29.3 Å². The molecule has 1 amide bonds. The quantitative estimate of drug-likeness (QED) is 0.857. The van der Waals surface area contributed by atoms with Gasteiger partial charge in [-0.1, -0.05) is 11.6 Å². The maximum absolute atomic E-state index is 11.8. The van der Waals surface area contributed by atoms with Crippen LogP contribution in [0, 0.1) is 0 Å². The van der Waals surface area contributed by atoms with Crippen molar-refractivity contribution in [3.8, 4) is 0 Å². The topological polar surface area (TPSA) is 77.5 Å². The van der Waals surface area contributed by atoms with Crippen molar-refractivity contribution in [2.24, 2.45) is 0 Å². The van der Waals surface area contributed by atoms with Crippen LogP contribution in [-0.4, -0.2) is 35.7 Å². The fourth-order valence-corrected chi connectivity index (χ4v) is 1.86. The fourth-order valence-electron chi connectivity index (χ4n) is 1.74. The van der Waals surface area contributed by atoms with Gasteiger partial charge in [0.05, 0.1) is 5.02 Å². The number of halogens is 1. The highest BCUT2D eigenvalue weighted by Gasteiger charge is 2.28. The SMILES string of the molecule is C[C@@H](OC(=O)[C@@H]1CCCO1)C(=O)Nc1ccc(Cl)cn1. The third-order valence-electron chi connectivity index (χ3n) is 2.83. The Hall–Kier alpha value is -1.66. The average Bonchev–Trinajstić information content (AvgIpc) is 2.95. The molecule has 1 aromatic rings. The Bertz CT molecular complexity index is 486. The average molecular weight is 299 g/mol. The number of hydrogen-bond acceptors (Lipinski definition) is 5. The Morgan fingerprint density at radius 3 is 2.95 bits per heavy atom. The zero-order valence-corrected chi connectivity index (χ0v) is 11.7. The summed E-state index contributed by atoms with van der Waals surface area (Å²) >= 11 is 5.69. The number of amides is 1. The van der Waals surface area contributed by atoms with E-state index in [0.29, 0.717) is 23.9 Å². The number of aromatic nitrogens is 1. The van der Waals surface area contributed by atoms with Gasteiger partial charge in [-0.3, -0.25) is 4.79 Å². The highest BCUT2D eigenvalue weighted by Crippen LogP contribution is 2.15. The number of carbonyl (C=O) groups is 2. The molecule has 2 rings (SSSR count). The lowest BCUT2D eigenvalue weighted by molar-refractivity contribution is -0.162. The van der Waals surface area contributed by atoms with Crippen LogP contribution in [0.25, 0.3) is 0 Å². The van der Waals surface area contributed by atoms with Crippen LogP contribution in [0.2, 0.25) is 5.02 Å². The molecule has 0 unspecified atom stereocenters. The lowest BCUT2D eigenvalue weighted by Gasteiger charge is -2.15. The summed E-state index contributed by atoms with van der Waals surface area (Å²) in [7, 11) is 0. The van der Waals surface area contributed by atoms with Crippen molar-refractivity contribution in [2.45, 2.75) is 32.0 Å². The van der Waals surface area contributed by atoms with Crippen LogP contribution in [0.4, 0.5) is 5.82 Å². The normalized spacial score (nSPS) is 19.4. The van der Waals surface area contributed by atoms with E-state index in [1.165, 1.54) is 13.1 Å².